The highest BCUT2D eigenvalue weighted by Crippen LogP contribution is 2.42. The molecule has 1 fully saturated rings. The topological polar surface area (TPSA) is 72.2 Å². The molecule has 24 heavy (non-hydrogen) atoms. The van der Waals surface area contributed by atoms with E-state index >= 15 is 0 Å². The molecule has 1 N–H and O–H groups in total. The Kier molecular flexibility index (Phi) is 4.41. The van der Waals surface area contributed by atoms with Crippen LogP contribution in [-0.4, -0.2) is 10.8 Å². The standard InChI is InChI=1S/C18H17BrN2O3/c1-12-15(7-3-8-16(12)21(23)24)17(22)20-18(9-4-10-18)13-5-2-6-14(19)11-13/h2-3,5-8,11H,4,9-10H2,1H3,(H,20,22). The molecule has 2 aromatic carbocycles. The van der Waals surface area contributed by atoms with Crippen molar-refractivity contribution >= 4 is 27.5 Å². The molecule has 0 atom stereocenters. The number of rotatable bonds is 4. The summed E-state index contributed by atoms with van der Waals surface area (Å²) in [6, 6.07) is 12.5. The summed E-state index contributed by atoms with van der Waals surface area (Å²) >= 11 is 3.47. The van der Waals surface area contributed by atoms with Crippen molar-refractivity contribution in [2.24, 2.45) is 0 Å². The monoisotopic (exact) mass is 388 g/mol. The van der Waals surface area contributed by atoms with E-state index in [2.05, 4.69) is 21.2 Å². The van der Waals surface area contributed by atoms with Crippen molar-refractivity contribution in [3.8, 4) is 0 Å². The number of amides is 1. The van der Waals surface area contributed by atoms with E-state index in [1.54, 1.807) is 19.1 Å². The largest absolute Gasteiger partial charge is 0.343 e. The molecule has 1 amide bonds. The molecule has 2 aromatic rings. The van der Waals surface area contributed by atoms with Gasteiger partial charge in [0.1, 0.15) is 0 Å². The third kappa shape index (κ3) is 2.94. The first-order chi connectivity index (χ1) is 11.4. The van der Waals surface area contributed by atoms with Gasteiger partial charge in [0.05, 0.1) is 10.5 Å². The van der Waals surface area contributed by atoms with Crippen LogP contribution in [0.15, 0.2) is 46.9 Å². The minimum atomic E-state index is -0.459. The predicted molar refractivity (Wildman–Crippen MR) is 95.0 cm³/mol. The molecule has 124 valence electrons. The smallest absolute Gasteiger partial charge is 0.273 e. The lowest BCUT2D eigenvalue weighted by atomic mass is 9.71. The van der Waals surface area contributed by atoms with E-state index in [9.17, 15) is 14.9 Å². The zero-order chi connectivity index (χ0) is 17.3. The van der Waals surface area contributed by atoms with Gasteiger partial charge in [-0.05, 0) is 49.9 Å². The predicted octanol–water partition coefficient (Wildman–Crippen LogP) is 4.47. The Bertz CT molecular complexity index is 816. The second-order valence-electron chi connectivity index (χ2n) is 6.11. The van der Waals surface area contributed by atoms with Crippen molar-refractivity contribution in [3.63, 3.8) is 0 Å². The first-order valence-corrected chi connectivity index (χ1v) is 8.55. The van der Waals surface area contributed by atoms with Gasteiger partial charge < -0.3 is 5.32 Å². The molecule has 0 aromatic heterocycles. The van der Waals surface area contributed by atoms with Gasteiger partial charge in [-0.3, -0.25) is 14.9 Å². The van der Waals surface area contributed by atoms with Gasteiger partial charge in [0.2, 0.25) is 0 Å². The molecule has 1 aliphatic carbocycles. The SMILES string of the molecule is Cc1c(C(=O)NC2(c3cccc(Br)c3)CCC2)cccc1[N+](=O)[O-]. The molecule has 0 aliphatic heterocycles. The Hall–Kier alpha value is -2.21. The van der Waals surface area contributed by atoms with Crippen molar-refractivity contribution in [1.82, 2.24) is 5.32 Å². The first-order valence-electron chi connectivity index (χ1n) is 7.75. The van der Waals surface area contributed by atoms with Crippen LogP contribution in [0.2, 0.25) is 0 Å². The lowest BCUT2D eigenvalue weighted by molar-refractivity contribution is -0.385. The van der Waals surface area contributed by atoms with Gasteiger partial charge in [0.25, 0.3) is 11.6 Å². The lowest BCUT2D eigenvalue weighted by Gasteiger charge is -2.43. The van der Waals surface area contributed by atoms with E-state index in [1.165, 1.54) is 6.07 Å². The van der Waals surface area contributed by atoms with E-state index < -0.39 is 10.5 Å². The molecule has 0 radical (unpaired) electrons. The van der Waals surface area contributed by atoms with Crippen molar-refractivity contribution in [2.75, 3.05) is 0 Å². The third-order valence-electron chi connectivity index (χ3n) is 4.68. The summed E-state index contributed by atoms with van der Waals surface area (Å²) in [5.41, 5.74) is 1.37. The Morgan fingerprint density at radius 2 is 1.96 bits per heavy atom. The number of nitro benzene ring substituents is 1. The Labute approximate surface area is 148 Å². The summed E-state index contributed by atoms with van der Waals surface area (Å²) < 4.78 is 0.965. The number of halogens is 1. The van der Waals surface area contributed by atoms with Crippen LogP contribution in [0, 0.1) is 17.0 Å². The molecule has 0 saturated heterocycles. The molecule has 1 saturated carbocycles. The maximum absolute atomic E-state index is 12.8. The molecule has 0 bridgehead atoms. The van der Waals surface area contributed by atoms with E-state index in [0.29, 0.717) is 11.1 Å². The van der Waals surface area contributed by atoms with Crippen LogP contribution in [0.5, 0.6) is 0 Å². The van der Waals surface area contributed by atoms with Crippen molar-refractivity contribution in [1.29, 1.82) is 0 Å². The van der Waals surface area contributed by atoms with Crippen LogP contribution >= 0.6 is 15.9 Å². The quantitative estimate of drug-likeness (QED) is 0.619. The molecule has 0 spiro atoms. The van der Waals surface area contributed by atoms with Crippen LogP contribution in [-0.2, 0) is 5.54 Å². The third-order valence-corrected chi connectivity index (χ3v) is 5.18. The van der Waals surface area contributed by atoms with Gasteiger partial charge >= 0.3 is 0 Å². The van der Waals surface area contributed by atoms with E-state index in [1.807, 2.05) is 24.3 Å². The van der Waals surface area contributed by atoms with Crippen molar-refractivity contribution in [3.05, 3.63) is 73.7 Å². The van der Waals surface area contributed by atoms with E-state index in [-0.39, 0.29) is 11.6 Å². The maximum atomic E-state index is 12.8. The Morgan fingerprint density at radius 1 is 1.25 bits per heavy atom. The summed E-state index contributed by atoms with van der Waals surface area (Å²) in [7, 11) is 0. The lowest BCUT2D eigenvalue weighted by Crippen LogP contribution is -2.50. The minimum Gasteiger partial charge on any atom is -0.343 e. The van der Waals surface area contributed by atoms with Crippen LogP contribution in [0.25, 0.3) is 0 Å². The zero-order valence-electron chi connectivity index (χ0n) is 13.2. The maximum Gasteiger partial charge on any atom is 0.273 e. The molecule has 6 heteroatoms. The molecule has 3 rings (SSSR count). The van der Waals surface area contributed by atoms with Gasteiger partial charge in [-0.1, -0.05) is 34.1 Å². The average molecular weight is 389 g/mol. The van der Waals surface area contributed by atoms with Crippen LogP contribution < -0.4 is 5.32 Å². The summed E-state index contributed by atoms with van der Waals surface area (Å²) in [5.74, 6) is -0.268. The molecule has 1 aliphatic rings. The number of carbonyl (C=O) groups excluding carboxylic acids is 1. The summed E-state index contributed by atoms with van der Waals surface area (Å²) in [5, 5.41) is 14.2. The summed E-state index contributed by atoms with van der Waals surface area (Å²) in [6.07, 6.45) is 2.77. The first kappa shape index (κ1) is 16.6. The fourth-order valence-corrected chi connectivity index (χ4v) is 3.55. The number of nitrogens with one attached hydrogen (secondary N) is 1. The van der Waals surface area contributed by atoms with Crippen molar-refractivity contribution in [2.45, 2.75) is 31.7 Å². The van der Waals surface area contributed by atoms with Gasteiger partial charge in [0, 0.05) is 21.7 Å². The Balaban J connectivity index is 1.91. The number of carbonyl (C=O) groups is 1. The second kappa shape index (κ2) is 6.36. The molecule has 0 heterocycles. The highest BCUT2D eigenvalue weighted by atomic mass is 79.9. The fraction of sp³-hybridized carbons (Fsp3) is 0.278. The van der Waals surface area contributed by atoms with Crippen LogP contribution in [0.4, 0.5) is 5.69 Å². The highest BCUT2D eigenvalue weighted by Gasteiger charge is 2.40. The van der Waals surface area contributed by atoms with Crippen LogP contribution in [0.3, 0.4) is 0 Å². The number of hydrogen-bond donors (Lipinski definition) is 1. The van der Waals surface area contributed by atoms with Crippen molar-refractivity contribution < 1.29 is 9.72 Å². The number of nitrogens with zero attached hydrogens (tertiary/aromatic N) is 1. The fourth-order valence-electron chi connectivity index (χ4n) is 3.15. The molecule has 0 unspecified atom stereocenters. The normalized spacial score (nSPS) is 15.4. The highest BCUT2D eigenvalue weighted by molar-refractivity contribution is 9.10. The van der Waals surface area contributed by atoms with Gasteiger partial charge in [0.15, 0.2) is 0 Å². The van der Waals surface area contributed by atoms with Gasteiger partial charge in [-0.15, -0.1) is 0 Å². The zero-order valence-corrected chi connectivity index (χ0v) is 14.8. The Morgan fingerprint density at radius 3 is 2.54 bits per heavy atom. The van der Waals surface area contributed by atoms with E-state index in [4.69, 9.17) is 0 Å². The van der Waals surface area contributed by atoms with Gasteiger partial charge in [-0.2, -0.15) is 0 Å². The van der Waals surface area contributed by atoms with Crippen LogP contribution in [0.1, 0.15) is 40.7 Å². The molecular weight excluding hydrogens is 372 g/mol. The minimum absolute atomic E-state index is 0.0345. The summed E-state index contributed by atoms with van der Waals surface area (Å²) in [4.78, 5) is 23.4. The summed E-state index contributed by atoms with van der Waals surface area (Å²) in [6.45, 7) is 1.61. The number of nitro groups is 1. The number of hydrogen-bond acceptors (Lipinski definition) is 3. The second-order valence-corrected chi connectivity index (χ2v) is 7.02. The molecular formula is C18H17BrN2O3. The molecule has 5 nitrogen and oxygen atoms in total. The number of benzene rings is 2. The van der Waals surface area contributed by atoms with Gasteiger partial charge in [-0.25, -0.2) is 0 Å². The van der Waals surface area contributed by atoms with E-state index in [0.717, 1.165) is 29.3 Å². The average Bonchev–Trinajstić information content (AvgIpc) is 2.50.